The Morgan fingerprint density at radius 3 is 3.06 bits per heavy atom. The average molecular weight is 272 g/mol. The highest BCUT2D eigenvalue weighted by Gasteiger charge is 2.45. The van der Waals surface area contributed by atoms with Crippen LogP contribution in [0.25, 0.3) is 0 Å². The number of hydrogen-bond donors (Lipinski definition) is 1. The van der Waals surface area contributed by atoms with Crippen molar-refractivity contribution in [3.63, 3.8) is 0 Å². The molecule has 0 aliphatic carbocycles. The predicted molar refractivity (Wildman–Crippen MR) is 61.6 cm³/mol. The van der Waals surface area contributed by atoms with Gasteiger partial charge in [0.05, 0.1) is 5.03 Å². The standard InChI is InChI=1S/C11H10F2N2O2S/c1-5-2-3-8(14)18-10-6(5)4-7-9(15-10)17-11(12,13)16-7/h3-5H,2,14H2,1H3. The summed E-state index contributed by atoms with van der Waals surface area (Å²) in [5, 5.41) is 1.20. The van der Waals surface area contributed by atoms with E-state index in [1.165, 1.54) is 11.8 Å². The Bertz CT molecular complexity index is 548. The van der Waals surface area contributed by atoms with E-state index in [4.69, 9.17) is 5.73 Å². The van der Waals surface area contributed by atoms with Crippen LogP contribution >= 0.6 is 11.8 Å². The molecule has 0 saturated carbocycles. The van der Waals surface area contributed by atoms with Crippen LogP contribution in [0.5, 0.6) is 11.6 Å². The monoisotopic (exact) mass is 272 g/mol. The molecule has 2 aliphatic heterocycles. The van der Waals surface area contributed by atoms with Crippen molar-refractivity contribution in [1.29, 1.82) is 0 Å². The van der Waals surface area contributed by atoms with E-state index in [9.17, 15) is 8.78 Å². The van der Waals surface area contributed by atoms with E-state index in [-0.39, 0.29) is 17.5 Å². The molecule has 96 valence electrons. The van der Waals surface area contributed by atoms with Crippen molar-refractivity contribution in [2.45, 2.75) is 30.6 Å². The van der Waals surface area contributed by atoms with Crippen LogP contribution in [0.1, 0.15) is 24.8 Å². The van der Waals surface area contributed by atoms with Gasteiger partial charge in [-0.3, -0.25) is 0 Å². The van der Waals surface area contributed by atoms with E-state index in [2.05, 4.69) is 14.5 Å². The normalized spacial score (nSPS) is 24.2. The molecule has 1 aromatic rings. The van der Waals surface area contributed by atoms with Crippen LogP contribution in [0.3, 0.4) is 0 Å². The van der Waals surface area contributed by atoms with Gasteiger partial charge in [-0.15, -0.1) is 8.78 Å². The summed E-state index contributed by atoms with van der Waals surface area (Å²) in [6.07, 6.45) is -0.993. The number of hydrogen-bond acceptors (Lipinski definition) is 5. The van der Waals surface area contributed by atoms with Crippen LogP contribution in [0.15, 0.2) is 22.2 Å². The van der Waals surface area contributed by atoms with Crippen LogP contribution in [0, 0.1) is 0 Å². The number of rotatable bonds is 0. The number of thioether (sulfide) groups is 1. The molecule has 0 fully saturated rings. The first kappa shape index (κ1) is 11.6. The molecule has 0 spiro atoms. The summed E-state index contributed by atoms with van der Waals surface area (Å²) in [5.74, 6) is -0.0657. The molecule has 4 nitrogen and oxygen atoms in total. The summed E-state index contributed by atoms with van der Waals surface area (Å²) in [5.41, 5.74) is 6.62. The van der Waals surface area contributed by atoms with E-state index in [1.54, 1.807) is 6.07 Å². The van der Waals surface area contributed by atoms with E-state index < -0.39 is 6.29 Å². The second kappa shape index (κ2) is 3.74. The number of aromatic nitrogens is 1. The molecule has 0 saturated heterocycles. The zero-order chi connectivity index (χ0) is 12.9. The highest BCUT2D eigenvalue weighted by molar-refractivity contribution is 8.03. The molecule has 18 heavy (non-hydrogen) atoms. The molecule has 0 bridgehead atoms. The van der Waals surface area contributed by atoms with Crippen LogP contribution in [0.2, 0.25) is 0 Å². The van der Waals surface area contributed by atoms with E-state index in [0.717, 1.165) is 12.0 Å². The first-order valence-electron chi connectivity index (χ1n) is 5.39. The first-order chi connectivity index (χ1) is 8.44. The topological polar surface area (TPSA) is 57.4 Å². The second-order valence-electron chi connectivity index (χ2n) is 4.20. The van der Waals surface area contributed by atoms with Crippen molar-refractivity contribution in [2.24, 2.45) is 5.73 Å². The lowest BCUT2D eigenvalue weighted by atomic mass is 9.99. The molecule has 0 amide bonds. The van der Waals surface area contributed by atoms with Gasteiger partial charge < -0.3 is 15.2 Å². The van der Waals surface area contributed by atoms with Gasteiger partial charge in [-0.1, -0.05) is 24.8 Å². The second-order valence-corrected chi connectivity index (χ2v) is 5.26. The highest BCUT2D eigenvalue weighted by atomic mass is 32.2. The van der Waals surface area contributed by atoms with Crippen molar-refractivity contribution in [1.82, 2.24) is 4.98 Å². The number of ether oxygens (including phenoxy) is 2. The molecular formula is C11H10F2N2O2S. The number of nitrogens with zero attached hydrogens (tertiary/aromatic N) is 1. The van der Waals surface area contributed by atoms with Gasteiger partial charge in [0.25, 0.3) is 5.88 Å². The Morgan fingerprint density at radius 1 is 1.50 bits per heavy atom. The van der Waals surface area contributed by atoms with Gasteiger partial charge in [-0.2, -0.15) is 0 Å². The minimum absolute atomic E-state index is 0.0216. The lowest BCUT2D eigenvalue weighted by Gasteiger charge is -2.11. The number of allylic oxidation sites excluding steroid dienone is 1. The Kier molecular flexibility index (Phi) is 2.41. The summed E-state index contributed by atoms with van der Waals surface area (Å²) in [6, 6.07) is 1.56. The Morgan fingerprint density at radius 2 is 2.28 bits per heavy atom. The summed E-state index contributed by atoms with van der Waals surface area (Å²) >= 11 is 1.25. The SMILES string of the molecule is CC1CC=C(N)Sc2nc3c(cc21)OC(F)(F)O3. The maximum Gasteiger partial charge on any atom is 0.587 e. The molecule has 3 rings (SSSR count). The van der Waals surface area contributed by atoms with Gasteiger partial charge in [-0.25, -0.2) is 4.98 Å². The largest absolute Gasteiger partial charge is 0.587 e. The molecule has 2 N–H and O–H groups in total. The average Bonchev–Trinajstić information content (AvgIpc) is 2.50. The summed E-state index contributed by atoms with van der Waals surface area (Å²) in [6.45, 7) is 1.98. The molecule has 0 aromatic carbocycles. The van der Waals surface area contributed by atoms with Crippen molar-refractivity contribution >= 4 is 11.8 Å². The zero-order valence-corrected chi connectivity index (χ0v) is 10.3. The number of nitrogens with two attached hydrogens (primary N) is 1. The van der Waals surface area contributed by atoms with E-state index in [0.29, 0.717) is 10.1 Å². The fourth-order valence-corrected chi connectivity index (χ4v) is 2.80. The van der Waals surface area contributed by atoms with Gasteiger partial charge in [0.15, 0.2) is 5.75 Å². The fourth-order valence-electron chi connectivity index (χ4n) is 1.89. The van der Waals surface area contributed by atoms with Crippen LogP contribution in [0.4, 0.5) is 8.78 Å². The van der Waals surface area contributed by atoms with Crippen molar-refractivity contribution in [2.75, 3.05) is 0 Å². The minimum atomic E-state index is -3.63. The first-order valence-corrected chi connectivity index (χ1v) is 6.20. The molecule has 0 radical (unpaired) electrons. The summed E-state index contributed by atoms with van der Waals surface area (Å²) in [4.78, 5) is 4.07. The van der Waals surface area contributed by atoms with Crippen molar-refractivity contribution < 1.29 is 18.3 Å². The number of pyridine rings is 1. The predicted octanol–water partition coefficient (Wildman–Crippen LogP) is 2.80. The van der Waals surface area contributed by atoms with Gasteiger partial charge in [-0.05, 0) is 24.0 Å². The van der Waals surface area contributed by atoms with Gasteiger partial charge in [0, 0.05) is 0 Å². The minimum Gasteiger partial charge on any atom is -0.393 e. The smallest absolute Gasteiger partial charge is 0.393 e. The van der Waals surface area contributed by atoms with Crippen molar-refractivity contribution in [3.05, 3.63) is 22.7 Å². The maximum atomic E-state index is 13.0. The van der Waals surface area contributed by atoms with E-state index in [1.807, 2.05) is 13.0 Å². The third-order valence-corrected chi connectivity index (χ3v) is 3.73. The number of alkyl halides is 2. The Balaban J connectivity index is 2.07. The third kappa shape index (κ3) is 1.88. The van der Waals surface area contributed by atoms with Crippen molar-refractivity contribution in [3.8, 4) is 11.6 Å². The van der Waals surface area contributed by atoms with Gasteiger partial charge in [0.1, 0.15) is 5.03 Å². The van der Waals surface area contributed by atoms with Crippen LogP contribution < -0.4 is 15.2 Å². The number of halogens is 2. The molecule has 1 atom stereocenters. The zero-order valence-electron chi connectivity index (χ0n) is 9.44. The van der Waals surface area contributed by atoms with Gasteiger partial charge >= 0.3 is 6.29 Å². The van der Waals surface area contributed by atoms with E-state index >= 15 is 0 Å². The molecule has 2 aliphatic rings. The molecule has 7 heteroatoms. The molecule has 1 aromatic heterocycles. The molecule has 3 heterocycles. The van der Waals surface area contributed by atoms with Gasteiger partial charge in [0.2, 0.25) is 0 Å². The number of fused-ring (bicyclic) bond motifs is 2. The Labute approximate surface area is 106 Å². The lowest BCUT2D eigenvalue weighted by molar-refractivity contribution is -0.287. The quantitative estimate of drug-likeness (QED) is 0.787. The Hall–Kier alpha value is -1.50. The molecular weight excluding hydrogens is 262 g/mol. The summed E-state index contributed by atoms with van der Waals surface area (Å²) in [7, 11) is 0. The van der Waals surface area contributed by atoms with Crippen LogP contribution in [-0.2, 0) is 0 Å². The fraction of sp³-hybridized carbons (Fsp3) is 0.364. The lowest BCUT2D eigenvalue weighted by Crippen LogP contribution is -2.26. The van der Waals surface area contributed by atoms with Crippen LogP contribution in [-0.4, -0.2) is 11.3 Å². The summed E-state index contributed by atoms with van der Waals surface area (Å²) < 4.78 is 34.6. The third-order valence-electron chi connectivity index (χ3n) is 2.81. The maximum absolute atomic E-state index is 13.0. The molecule has 1 unspecified atom stereocenters. The highest BCUT2D eigenvalue weighted by Crippen LogP contribution is 2.45.